The predicted molar refractivity (Wildman–Crippen MR) is 108 cm³/mol. The quantitative estimate of drug-likeness (QED) is 0.438. The average molecular weight is 427 g/mol. The van der Waals surface area contributed by atoms with Gasteiger partial charge in [0.1, 0.15) is 12.4 Å². The van der Waals surface area contributed by atoms with E-state index in [1.807, 2.05) is 48.7 Å². The summed E-state index contributed by atoms with van der Waals surface area (Å²) < 4.78 is 6.65. The smallest absolute Gasteiger partial charge is 0.203 e. The van der Waals surface area contributed by atoms with Gasteiger partial charge < -0.3 is 4.74 Å². The summed E-state index contributed by atoms with van der Waals surface area (Å²) in [6, 6.07) is 15.3. The third-order valence-electron chi connectivity index (χ3n) is 3.47. The maximum absolute atomic E-state index is 9.13. The van der Waals surface area contributed by atoms with Crippen LogP contribution in [0.2, 0.25) is 0 Å². The minimum atomic E-state index is 0.334. The molecule has 1 N–H and O–H groups in total. The maximum Gasteiger partial charge on any atom is 0.203 e. The van der Waals surface area contributed by atoms with Crippen LogP contribution in [-0.4, -0.2) is 11.2 Å². The van der Waals surface area contributed by atoms with Gasteiger partial charge in [0.15, 0.2) is 0 Å². The average Bonchev–Trinajstić information content (AvgIpc) is 3.06. The molecule has 3 aromatic rings. The van der Waals surface area contributed by atoms with E-state index in [2.05, 4.69) is 37.5 Å². The molecule has 5 nitrogen and oxygen atoms in total. The molecular formula is C19H15BrN4OS. The van der Waals surface area contributed by atoms with Gasteiger partial charge >= 0.3 is 0 Å². The molecule has 2 aromatic carbocycles. The van der Waals surface area contributed by atoms with Gasteiger partial charge in [0.25, 0.3) is 0 Å². The van der Waals surface area contributed by atoms with Crippen LogP contribution in [0.25, 0.3) is 0 Å². The first-order valence-corrected chi connectivity index (χ1v) is 9.44. The third kappa shape index (κ3) is 4.69. The Balaban J connectivity index is 1.63. The monoisotopic (exact) mass is 426 g/mol. The van der Waals surface area contributed by atoms with E-state index in [0.717, 1.165) is 26.4 Å². The van der Waals surface area contributed by atoms with Crippen LogP contribution in [0.3, 0.4) is 0 Å². The summed E-state index contributed by atoms with van der Waals surface area (Å²) in [6.07, 6.45) is 1.72. The zero-order valence-corrected chi connectivity index (χ0v) is 16.3. The summed E-state index contributed by atoms with van der Waals surface area (Å²) in [4.78, 5) is 4.28. The number of halogens is 1. The molecule has 0 unspecified atom stereocenters. The molecule has 0 spiro atoms. The second-order valence-electron chi connectivity index (χ2n) is 5.41. The highest BCUT2D eigenvalue weighted by Gasteiger charge is 2.05. The molecule has 3 rings (SSSR count). The summed E-state index contributed by atoms with van der Waals surface area (Å²) in [5.41, 5.74) is 6.27. The van der Waals surface area contributed by atoms with Gasteiger partial charge in [0.05, 0.1) is 28.0 Å². The highest BCUT2D eigenvalue weighted by molar-refractivity contribution is 9.10. The zero-order chi connectivity index (χ0) is 18.4. The molecule has 0 amide bonds. The molecule has 0 radical (unpaired) electrons. The Morgan fingerprint density at radius 3 is 2.92 bits per heavy atom. The van der Waals surface area contributed by atoms with E-state index in [-0.39, 0.29) is 0 Å². The third-order valence-corrected chi connectivity index (χ3v) is 4.95. The number of anilines is 1. The zero-order valence-electron chi connectivity index (χ0n) is 13.9. The second kappa shape index (κ2) is 8.61. The predicted octanol–water partition coefficient (Wildman–Crippen LogP) is 5.11. The number of ether oxygens (including phenoxy) is 1. The molecule has 0 atom stereocenters. The van der Waals surface area contributed by atoms with Crippen LogP contribution in [0.15, 0.2) is 57.4 Å². The van der Waals surface area contributed by atoms with E-state index >= 15 is 0 Å². The van der Waals surface area contributed by atoms with Crippen LogP contribution in [0.5, 0.6) is 5.75 Å². The lowest BCUT2D eigenvalue weighted by molar-refractivity contribution is 0.304. The SMILES string of the molecule is Cc1csc(NN=Cc2ccc(OCc3ccccc3C#N)c(Br)c2)n1. The number of hydrogen-bond acceptors (Lipinski definition) is 6. The molecule has 1 aromatic heterocycles. The van der Waals surface area contributed by atoms with Crippen molar-refractivity contribution in [3.8, 4) is 11.8 Å². The second-order valence-corrected chi connectivity index (χ2v) is 7.12. The number of aryl methyl sites for hydroxylation is 1. The first-order chi connectivity index (χ1) is 12.7. The van der Waals surface area contributed by atoms with E-state index < -0.39 is 0 Å². The Bertz CT molecular complexity index is 978. The van der Waals surface area contributed by atoms with Crippen molar-refractivity contribution in [3.63, 3.8) is 0 Å². The van der Waals surface area contributed by atoms with Crippen molar-refractivity contribution in [2.24, 2.45) is 5.10 Å². The summed E-state index contributed by atoms with van der Waals surface area (Å²) >= 11 is 5.02. The molecule has 0 aliphatic carbocycles. The Labute approximate surface area is 164 Å². The normalized spacial score (nSPS) is 10.7. The number of aromatic nitrogens is 1. The van der Waals surface area contributed by atoms with Gasteiger partial charge in [-0.25, -0.2) is 4.98 Å². The lowest BCUT2D eigenvalue weighted by atomic mass is 10.1. The Morgan fingerprint density at radius 2 is 2.19 bits per heavy atom. The van der Waals surface area contributed by atoms with E-state index in [0.29, 0.717) is 17.9 Å². The van der Waals surface area contributed by atoms with E-state index in [1.165, 1.54) is 11.3 Å². The number of nitrogens with one attached hydrogen (secondary N) is 1. The molecule has 26 heavy (non-hydrogen) atoms. The van der Waals surface area contributed by atoms with Gasteiger partial charge in [-0.1, -0.05) is 18.2 Å². The topological polar surface area (TPSA) is 70.3 Å². The van der Waals surface area contributed by atoms with Gasteiger partial charge in [-0.05, 0) is 52.7 Å². The molecule has 0 bridgehead atoms. The highest BCUT2D eigenvalue weighted by Crippen LogP contribution is 2.27. The summed E-state index contributed by atoms with van der Waals surface area (Å²) in [5, 5.41) is 16.0. The first-order valence-electron chi connectivity index (χ1n) is 7.77. The summed E-state index contributed by atoms with van der Waals surface area (Å²) in [5.74, 6) is 0.707. The van der Waals surface area contributed by atoms with Crippen molar-refractivity contribution < 1.29 is 4.74 Å². The Kier molecular flexibility index (Phi) is 6.00. The Morgan fingerprint density at radius 1 is 1.35 bits per heavy atom. The van der Waals surface area contributed by atoms with Crippen molar-refractivity contribution in [1.82, 2.24) is 4.98 Å². The molecule has 0 aliphatic heterocycles. The van der Waals surface area contributed by atoms with Crippen molar-refractivity contribution in [3.05, 3.63) is 74.7 Å². The number of nitriles is 1. The van der Waals surface area contributed by atoms with E-state index in [4.69, 9.17) is 10.00 Å². The molecule has 7 heteroatoms. The molecule has 0 fully saturated rings. The number of thiazole rings is 1. The van der Waals surface area contributed by atoms with Gasteiger partial charge in [0.2, 0.25) is 5.13 Å². The minimum absolute atomic E-state index is 0.334. The fourth-order valence-corrected chi connectivity index (χ4v) is 3.34. The standard InChI is InChI=1S/C19H15BrN4OS/c1-13-12-26-19(23-13)24-22-10-14-6-7-18(17(20)8-14)25-11-16-5-3-2-4-15(16)9-21/h2-8,10,12H,11H2,1H3,(H,23,24). The van der Waals surface area contributed by atoms with Crippen LogP contribution in [0.4, 0.5) is 5.13 Å². The maximum atomic E-state index is 9.13. The highest BCUT2D eigenvalue weighted by atomic mass is 79.9. The van der Waals surface area contributed by atoms with Crippen molar-refractivity contribution >= 4 is 38.6 Å². The van der Waals surface area contributed by atoms with Gasteiger partial charge in [-0.15, -0.1) is 11.3 Å². The van der Waals surface area contributed by atoms with Crippen molar-refractivity contribution in [2.45, 2.75) is 13.5 Å². The number of hydrazone groups is 1. The molecule has 0 saturated heterocycles. The van der Waals surface area contributed by atoms with Crippen molar-refractivity contribution in [1.29, 1.82) is 5.26 Å². The number of rotatable bonds is 6. The van der Waals surface area contributed by atoms with Gasteiger partial charge in [-0.2, -0.15) is 10.4 Å². The number of hydrogen-bond donors (Lipinski definition) is 1. The first kappa shape index (κ1) is 18.1. The van der Waals surface area contributed by atoms with Gasteiger partial charge in [-0.3, -0.25) is 5.43 Å². The fraction of sp³-hybridized carbons (Fsp3) is 0.105. The summed E-state index contributed by atoms with van der Waals surface area (Å²) in [7, 11) is 0. The molecule has 0 saturated carbocycles. The van der Waals surface area contributed by atoms with E-state index in [9.17, 15) is 0 Å². The van der Waals surface area contributed by atoms with Crippen LogP contribution >= 0.6 is 27.3 Å². The van der Waals surface area contributed by atoms with E-state index in [1.54, 1.807) is 12.3 Å². The van der Waals surface area contributed by atoms with Crippen LogP contribution in [0, 0.1) is 18.3 Å². The molecule has 0 aliphatic rings. The number of nitrogens with zero attached hydrogens (tertiary/aromatic N) is 3. The largest absolute Gasteiger partial charge is 0.488 e. The minimum Gasteiger partial charge on any atom is -0.488 e. The van der Waals surface area contributed by atoms with Crippen LogP contribution < -0.4 is 10.2 Å². The number of benzene rings is 2. The fourth-order valence-electron chi connectivity index (χ4n) is 2.19. The lowest BCUT2D eigenvalue weighted by Crippen LogP contribution is -1.99. The molecular weight excluding hydrogens is 412 g/mol. The Hall–Kier alpha value is -2.69. The lowest BCUT2D eigenvalue weighted by Gasteiger charge is -2.09. The molecule has 1 heterocycles. The summed E-state index contributed by atoms with van der Waals surface area (Å²) in [6.45, 7) is 2.27. The van der Waals surface area contributed by atoms with Gasteiger partial charge in [0, 0.05) is 10.9 Å². The van der Waals surface area contributed by atoms with Crippen molar-refractivity contribution in [2.75, 3.05) is 5.43 Å². The van der Waals surface area contributed by atoms with Crippen LogP contribution in [-0.2, 0) is 6.61 Å². The van der Waals surface area contributed by atoms with Crippen LogP contribution in [0.1, 0.15) is 22.4 Å². The molecule has 130 valence electrons.